The van der Waals surface area contributed by atoms with Crippen LogP contribution in [0, 0.1) is 6.92 Å². The molecule has 3 N–H and O–H groups in total. The maximum atomic E-state index is 13.2. The lowest BCUT2D eigenvalue weighted by atomic mass is 9.93. The lowest BCUT2D eigenvalue weighted by Crippen LogP contribution is -2.62. The maximum Gasteiger partial charge on any atom is 0.322 e. The van der Waals surface area contributed by atoms with Crippen LogP contribution in [-0.4, -0.2) is 57.4 Å². The van der Waals surface area contributed by atoms with Crippen molar-refractivity contribution in [3.05, 3.63) is 102 Å². The highest BCUT2D eigenvalue weighted by Crippen LogP contribution is 2.27. The van der Waals surface area contributed by atoms with Crippen LogP contribution in [-0.2, 0) is 17.9 Å². The van der Waals surface area contributed by atoms with Crippen LogP contribution in [0.3, 0.4) is 0 Å². The van der Waals surface area contributed by atoms with E-state index in [4.69, 9.17) is 4.74 Å². The highest BCUT2D eigenvalue weighted by atomic mass is 16.5. The Balaban J connectivity index is 1.14. The van der Waals surface area contributed by atoms with E-state index < -0.39 is 23.5 Å². The van der Waals surface area contributed by atoms with E-state index in [2.05, 4.69) is 25.9 Å². The molecule has 2 saturated heterocycles. The number of aryl methyl sites for hydroxylation is 1. The van der Waals surface area contributed by atoms with Gasteiger partial charge in [0.05, 0.1) is 11.6 Å². The molecular formula is C30H28N6O4. The zero-order chi connectivity index (χ0) is 27.7. The summed E-state index contributed by atoms with van der Waals surface area (Å²) in [5.74, 6) is -0.166. The number of para-hydroxylation sites is 1. The Morgan fingerprint density at radius 1 is 1.12 bits per heavy atom. The molecule has 40 heavy (non-hydrogen) atoms. The van der Waals surface area contributed by atoms with Crippen molar-refractivity contribution in [2.24, 2.45) is 0 Å². The number of carbonyl (C=O) groups is 3. The third-order valence-corrected chi connectivity index (χ3v) is 7.35. The Labute approximate surface area is 230 Å². The fraction of sp³-hybridized carbons (Fsp3) is 0.233. The molecule has 1 spiro atoms. The maximum absolute atomic E-state index is 13.2. The zero-order valence-electron chi connectivity index (χ0n) is 21.9. The Bertz CT molecular complexity index is 1590. The van der Waals surface area contributed by atoms with Gasteiger partial charge in [-0.1, -0.05) is 24.3 Å². The SMILES string of the molecule is Cc1cc(COc2ccc(C(=O)NC3CN(Cc4cccnc4)CC34NC(=O)NC4=O)cc2)c2ccccc2n1. The Morgan fingerprint density at radius 3 is 2.70 bits per heavy atom. The van der Waals surface area contributed by atoms with Gasteiger partial charge in [-0.05, 0) is 55.0 Å². The molecule has 6 rings (SSSR count). The molecule has 2 aromatic carbocycles. The topological polar surface area (TPSA) is 126 Å². The van der Waals surface area contributed by atoms with Crippen molar-refractivity contribution < 1.29 is 19.1 Å². The van der Waals surface area contributed by atoms with Crippen LogP contribution >= 0.6 is 0 Å². The van der Waals surface area contributed by atoms with E-state index in [1.165, 1.54) is 0 Å². The zero-order valence-corrected chi connectivity index (χ0v) is 21.9. The summed E-state index contributed by atoms with van der Waals surface area (Å²) in [6.07, 6.45) is 3.45. The number of rotatable bonds is 7. The van der Waals surface area contributed by atoms with Gasteiger partial charge in [0.15, 0.2) is 5.54 Å². The number of carbonyl (C=O) groups excluding carboxylic acids is 3. The number of fused-ring (bicyclic) bond motifs is 1. The van der Waals surface area contributed by atoms with Gasteiger partial charge in [0.2, 0.25) is 0 Å². The molecule has 10 nitrogen and oxygen atoms in total. The van der Waals surface area contributed by atoms with Gasteiger partial charge >= 0.3 is 6.03 Å². The summed E-state index contributed by atoms with van der Waals surface area (Å²) >= 11 is 0. The summed E-state index contributed by atoms with van der Waals surface area (Å²) in [5.41, 5.74) is 3.01. The highest BCUT2D eigenvalue weighted by Gasteiger charge is 2.57. The number of imide groups is 1. The number of hydrogen-bond donors (Lipinski definition) is 3. The number of nitrogens with one attached hydrogen (secondary N) is 3. The number of amides is 4. The molecule has 2 aromatic heterocycles. The largest absolute Gasteiger partial charge is 0.489 e. The van der Waals surface area contributed by atoms with Crippen LogP contribution in [0.25, 0.3) is 10.9 Å². The Hall–Kier alpha value is -4.83. The summed E-state index contributed by atoms with van der Waals surface area (Å²) in [5, 5.41) is 9.11. The van der Waals surface area contributed by atoms with Gasteiger partial charge in [-0.3, -0.25) is 29.8 Å². The summed E-state index contributed by atoms with van der Waals surface area (Å²) < 4.78 is 6.02. The first-order valence-corrected chi connectivity index (χ1v) is 13.0. The van der Waals surface area contributed by atoms with E-state index in [0.717, 1.165) is 27.7 Å². The number of ether oxygens (including phenoxy) is 1. The fourth-order valence-corrected chi connectivity index (χ4v) is 5.46. The van der Waals surface area contributed by atoms with Crippen molar-refractivity contribution in [2.75, 3.05) is 13.1 Å². The number of pyridine rings is 2. The molecule has 4 aromatic rings. The third-order valence-electron chi connectivity index (χ3n) is 7.35. The number of nitrogens with zero attached hydrogens (tertiary/aromatic N) is 3. The normalized spacial score (nSPS) is 20.5. The van der Waals surface area contributed by atoms with Gasteiger partial charge in [-0.2, -0.15) is 0 Å². The average Bonchev–Trinajstić information content (AvgIpc) is 3.44. The van der Waals surface area contributed by atoms with Gasteiger partial charge in [0.25, 0.3) is 11.8 Å². The van der Waals surface area contributed by atoms with E-state index in [-0.39, 0.29) is 12.5 Å². The summed E-state index contributed by atoms with van der Waals surface area (Å²) in [7, 11) is 0. The minimum atomic E-state index is -1.25. The van der Waals surface area contributed by atoms with Crippen LogP contribution in [0.5, 0.6) is 5.75 Å². The molecule has 2 aliphatic heterocycles. The van der Waals surface area contributed by atoms with Crippen molar-refractivity contribution in [1.82, 2.24) is 30.8 Å². The standard InChI is InChI=1S/C30H28N6O4/c1-19-13-22(24-6-2-3-7-25(24)32-19)17-40-23-10-8-21(9-11-23)27(37)33-26-16-36(15-20-5-4-12-31-14-20)18-30(26)28(38)34-29(39)35-30/h2-14,26H,15-18H2,1H3,(H,33,37)(H2,34,35,38,39). The van der Waals surface area contributed by atoms with Crippen molar-refractivity contribution >= 4 is 28.7 Å². The van der Waals surface area contributed by atoms with Gasteiger partial charge in [-0.25, -0.2) is 4.79 Å². The predicted molar refractivity (Wildman–Crippen MR) is 147 cm³/mol. The first-order valence-electron chi connectivity index (χ1n) is 13.0. The number of likely N-dealkylation sites (tertiary alicyclic amines) is 1. The summed E-state index contributed by atoms with van der Waals surface area (Å²) in [4.78, 5) is 48.9. The lowest BCUT2D eigenvalue weighted by Gasteiger charge is -2.27. The molecule has 2 aliphatic rings. The number of hydrogen-bond acceptors (Lipinski definition) is 7. The van der Waals surface area contributed by atoms with E-state index in [0.29, 0.717) is 31.0 Å². The molecule has 4 amide bonds. The van der Waals surface area contributed by atoms with Crippen molar-refractivity contribution in [1.29, 1.82) is 0 Å². The molecular weight excluding hydrogens is 508 g/mol. The molecule has 0 bridgehead atoms. The smallest absolute Gasteiger partial charge is 0.322 e. The minimum absolute atomic E-state index is 0.264. The van der Waals surface area contributed by atoms with Crippen LogP contribution in [0.4, 0.5) is 4.79 Å². The second-order valence-corrected chi connectivity index (χ2v) is 10.2. The second kappa shape index (κ2) is 10.4. The van der Waals surface area contributed by atoms with Crippen molar-refractivity contribution in [3.8, 4) is 5.75 Å². The molecule has 2 fully saturated rings. The average molecular weight is 537 g/mol. The first kappa shape index (κ1) is 25.4. The number of urea groups is 1. The lowest BCUT2D eigenvalue weighted by molar-refractivity contribution is -0.124. The summed E-state index contributed by atoms with van der Waals surface area (Å²) in [6.45, 7) is 3.50. The number of benzene rings is 2. The molecule has 2 atom stereocenters. The van der Waals surface area contributed by atoms with E-state index >= 15 is 0 Å². The third kappa shape index (κ3) is 4.96. The van der Waals surface area contributed by atoms with Crippen LogP contribution in [0.1, 0.15) is 27.2 Å². The van der Waals surface area contributed by atoms with E-state index in [1.807, 2.05) is 54.3 Å². The fourth-order valence-electron chi connectivity index (χ4n) is 5.46. The van der Waals surface area contributed by atoms with Crippen LogP contribution in [0.15, 0.2) is 79.1 Å². The molecule has 202 valence electrons. The molecule has 0 saturated carbocycles. The van der Waals surface area contributed by atoms with Gasteiger partial charge in [0, 0.05) is 54.2 Å². The first-order chi connectivity index (χ1) is 19.4. The molecule has 10 heteroatoms. The molecule has 2 unspecified atom stereocenters. The van der Waals surface area contributed by atoms with Crippen molar-refractivity contribution in [2.45, 2.75) is 31.7 Å². The number of aromatic nitrogens is 2. The predicted octanol–water partition coefficient (Wildman–Crippen LogP) is 2.71. The van der Waals surface area contributed by atoms with Crippen LogP contribution in [0.2, 0.25) is 0 Å². The second-order valence-electron chi connectivity index (χ2n) is 10.2. The minimum Gasteiger partial charge on any atom is -0.489 e. The van der Waals surface area contributed by atoms with Crippen LogP contribution < -0.4 is 20.7 Å². The molecule has 0 aliphatic carbocycles. The highest BCUT2D eigenvalue weighted by molar-refractivity contribution is 6.08. The molecule has 4 heterocycles. The van der Waals surface area contributed by atoms with Crippen molar-refractivity contribution in [3.63, 3.8) is 0 Å². The van der Waals surface area contributed by atoms with Gasteiger partial charge in [-0.15, -0.1) is 0 Å². The van der Waals surface area contributed by atoms with E-state index in [1.54, 1.807) is 36.7 Å². The Morgan fingerprint density at radius 2 is 1.95 bits per heavy atom. The summed E-state index contributed by atoms with van der Waals surface area (Å²) in [6, 6.07) is 19.4. The quantitative estimate of drug-likeness (QED) is 0.310. The van der Waals surface area contributed by atoms with Gasteiger partial charge in [0.1, 0.15) is 12.4 Å². The molecule has 0 radical (unpaired) electrons. The Kier molecular flexibility index (Phi) is 6.61. The van der Waals surface area contributed by atoms with E-state index in [9.17, 15) is 14.4 Å². The monoisotopic (exact) mass is 536 g/mol. The van der Waals surface area contributed by atoms with Gasteiger partial charge < -0.3 is 15.4 Å².